The number of rotatable bonds is 11. The normalized spacial score (nSPS) is 12.7. The fourth-order valence-electron chi connectivity index (χ4n) is 2.72. The summed E-state index contributed by atoms with van der Waals surface area (Å²) in [6, 6.07) is 5.96. The van der Waals surface area contributed by atoms with Gasteiger partial charge in [-0.05, 0) is 31.4 Å². The van der Waals surface area contributed by atoms with E-state index < -0.39 is 0 Å². The molecule has 1 atom stereocenters. The fraction of sp³-hybridized carbons (Fsp3) is 0.684. The van der Waals surface area contributed by atoms with E-state index in [0.717, 1.165) is 49.4 Å². The van der Waals surface area contributed by atoms with Crippen LogP contribution < -0.4 is 9.47 Å². The Morgan fingerprint density at radius 2 is 1.87 bits per heavy atom. The third kappa shape index (κ3) is 6.80. The van der Waals surface area contributed by atoms with E-state index >= 15 is 0 Å². The highest BCUT2D eigenvalue weighted by atomic mass is 16.5. The molecular formula is C19H33NO3. The summed E-state index contributed by atoms with van der Waals surface area (Å²) in [6.45, 7) is 8.99. The SMILES string of the molecule is CCC[C@H](O)CN(CCC(C)C)Cc1cccc(OC)c1OC. The number of benzene rings is 1. The lowest BCUT2D eigenvalue weighted by Gasteiger charge is -2.27. The summed E-state index contributed by atoms with van der Waals surface area (Å²) in [5.74, 6) is 2.19. The highest BCUT2D eigenvalue weighted by Gasteiger charge is 2.16. The Bertz CT molecular complexity index is 448. The smallest absolute Gasteiger partial charge is 0.165 e. The minimum atomic E-state index is -0.274. The molecule has 1 aromatic carbocycles. The van der Waals surface area contributed by atoms with Crippen molar-refractivity contribution in [1.82, 2.24) is 4.90 Å². The number of aliphatic hydroxyl groups excluding tert-OH is 1. The van der Waals surface area contributed by atoms with Crippen molar-refractivity contribution in [2.24, 2.45) is 5.92 Å². The summed E-state index contributed by atoms with van der Waals surface area (Å²) >= 11 is 0. The lowest BCUT2D eigenvalue weighted by molar-refractivity contribution is 0.0976. The minimum Gasteiger partial charge on any atom is -0.493 e. The van der Waals surface area contributed by atoms with Crippen LogP contribution in [0.4, 0.5) is 0 Å². The average Bonchev–Trinajstić information content (AvgIpc) is 2.52. The van der Waals surface area contributed by atoms with Crippen LogP contribution in [0, 0.1) is 5.92 Å². The first-order valence-corrected chi connectivity index (χ1v) is 8.62. The van der Waals surface area contributed by atoms with Crippen molar-refractivity contribution in [2.75, 3.05) is 27.3 Å². The molecule has 0 heterocycles. The van der Waals surface area contributed by atoms with Gasteiger partial charge in [-0.3, -0.25) is 4.90 Å². The van der Waals surface area contributed by atoms with E-state index in [1.165, 1.54) is 0 Å². The molecule has 1 N–H and O–H groups in total. The van der Waals surface area contributed by atoms with Crippen LogP contribution in [0.15, 0.2) is 18.2 Å². The fourth-order valence-corrected chi connectivity index (χ4v) is 2.72. The number of para-hydroxylation sites is 1. The standard InChI is InChI=1S/C19H33NO3/c1-6-8-17(21)14-20(12-11-15(2)3)13-16-9-7-10-18(22-4)19(16)23-5/h7,9-10,15,17,21H,6,8,11-14H2,1-5H3/t17-/m0/s1. The van der Waals surface area contributed by atoms with Crippen molar-refractivity contribution >= 4 is 0 Å². The second-order valence-corrected chi connectivity index (χ2v) is 6.51. The largest absolute Gasteiger partial charge is 0.493 e. The maximum atomic E-state index is 10.2. The van der Waals surface area contributed by atoms with E-state index in [1.807, 2.05) is 12.1 Å². The Hall–Kier alpha value is -1.26. The first kappa shape index (κ1) is 19.8. The van der Waals surface area contributed by atoms with Gasteiger partial charge in [0.2, 0.25) is 0 Å². The molecule has 0 saturated heterocycles. The molecule has 0 aliphatic heterocycles. The Labute approximate surface area is 141 Å². The van der Waals surface area contributed by atoms with Crippen molar-refractivity contribution in [1.29, 1.82) is 0 Å². The van der Waals surface area contributed by atoms with Gasteiger partial charge in [0.1, 0.15) is 0 Å². The predicted molar refractivity (Wildman–Crippen MR) is 95.2 cm³/mol. The van der Waals surface area contributed by atoms with Crippen LogP contribution in [-0.2, 0) is 6.54 Å². The zero-order chi connectivity index (χ0) is 17.2. The van der Waals surface area contributed by atoms with Gasteiger partial charge in [0.25, 0.3) is 0 Å². The van der Waals surface area contributed by atoms with Crippen LogP contribution in [0.3, 0.4) is 0 Å². The van der Waals surface area contributed by atoms with Crippen LogP contribution in [0.5, 0.6) is 11.5 Å². The second kappa shape index (κ2) is 10.5. The number of hydrogen-bond acceptors (Lipinski definition) is 4. The third-order valence-electron chi connectivity index (χ3n) is 3.99. The van der Waals surface area contributed by atoms with Crippen LogP contribution in [0.25, 0.3) is 0 Å². The summed E-state index contributed by atoms with van der Waals surface area (Å²) < 4.78 is 10.9. The van der Waals surface area contributed by atoms with Gasteiger partial charge in [0, 0.05) is 18.7 Å². The molecule has 4 nitrogen and oxygen atoms in total. The molecular weight excluding hydrogens is 290 g/mol. The topological polar surface area (TPSA) is 41.9 Å². The molecule has 0 unspecified atom stereocenters. The van der Waals surface area contributed by atoms with Gasteiger partial charge >= 0.3 is 0 Å². The van der Waals surface area contributed by atoms with Crippen LogP contribution in [0.1, 0.15) is 45.6 Å². The highest BCUT2D eigenvalue weighted by molar-refractivity contribution is 5.46. The number of methoxy groups -OCH3 is 2. The predicted octanol–water partition coefficient (Wildman–Crippen LogP) is 3.71. The minimum absolute atomic E-state index is 0.274. The van der Waals surface area contributed by atoms with Gasteiger partial charge in [-0.15, -0.1) is 0 Å². The Kier molecular flexibility index (Phi) is 9.03. The summed E-state index contributed by atoms with van der Waals surface area (Å²) in [4.78, 5) is 2.32. The first-order valence-electron chi connectivity index (χ1n) is 8.62. The Morgan fingerprint density at radius 3 is 2.43 bits per heavy atom. The van der Waals surface area contributed by atoms with E-state index in [0.29, 0.717) is 12.5 Å². The van der Waals surface area contributed by atoms with E-state index in [1.54, 1.807) is 14.2 Å². The van der Waals surface area contributed by atoms with Gasteiger partial charge in [0.15, 0.2) is 11.5 Å². The molecule has 0 saturated carbocycles. The quantitative estimate of drug-likeness (QED) is 0.674. The third-order valence-corrected chi connectivity index (χ3v) is 3.99. The summed E-state index contributed by atoms with van der Waals surface area (Å²) in [6.07, 6.45) is 2.68. The van der Waals surface area contributed by atoms with E-state index in [-0.39, 0.29) is 6.10 Å². The van der Waals surface area contributed by atoms with Gasteiger partial charge in [-0.25, -0.2) is 0 Å². The summed E-state index contributed by atoms with van der Waals surface area (Å²) in [5.41, 5.74) is 1.10. The molecule has 0 radical (unpaired) electrons. The van der Waals surface area contributed by atoms with Crippen molar-refractivity contribution in [3.63, 3.8) is 0 Å². The molecule has 1 aromatic rings. The van der Waals surface area contributed by atoms with E-state index in [2.05, 4.69) is 31.7 Å². The van der Waals surface area contributed by atoms with Crippen LogP contribution in [0.2, 0.25) is 0 Å². The van der Waals surface area contributed by atoms with Crippen molar-refractivity contribution in [3.8, 4) is 11.5 Å². The molecule has 4 heteroatoms. The highest BCUT2D eigenvalue weighted by Crippen LogP contribution is 2.31. The molecule has 0 aromatic heterocycles. The van der Waals surface area contributed by atoms with Gasteiger partial charge < -0.3 is 14.6 Å². The molecule has 132 valence electrons. The molecule has 0 bridgehead atoms. The maximum Gasteiger partial charge on any atom is 0.165 e. The molecule has 23 heavy (non-hydrogen) atoms. The first-order chi connectivity index (χ1) is 11.0. The zero-order valence-corrected chi connectivity index (χ0v) is 15.3. The van der Waals surface area contributed by atoms with E-state index in [4.69, 9.17) is 9.47 Å². The van der Waals surface area contributed by atoms with E-state index in [9.17, 15) is 5.11 Å². The van der Waals surface area contributed by atoms with Crippen LogP contribution >= 0.6 is 0 Å². The number of aliphatic hydroxyl groups is 1. The molecule has 0 fully saturated rings. The van der Waals surface area contributed by atoms with Crippen LogP contribution in [-0.4, -0.2) is 43.4 Å². The lowest BCUT2D eigenvalue weighted by Crippen LogP contribution is -2.33. The molecule has 0 aliphatic rings. The van der Waals surface area contributed by atoms with Gasteiger partial charge in [-0.2, -0.15) is 0 Å². The Balaban J connectivity index is 2.86. The Morgan fingerprint density at radius 1 is 1.13 bits per heavy atom. The molecule has 0 amide bonds. The number of nitrogens with zero attached hydrogens (tertiary/aromatic N) is 1. The maximum absolute atomic E-state index is 10.2. The molecule has 0 spiro atoms. The number of ether oxygens (including phenoxy) is 2. The molecule has 0 aliphatic carbocycles. The zero-order valence-electron chi connectivity index (χ0n) is 15.3. The van der Waals surface area contributed by atoms with Crippen molar-refractivity contribution in [2.45, 2.75) is 52.7 Å². The number of hydrogen-bond donors (Lipinski definition) is 1. The summed E-state index contributed by atoms with van der Waals surface area (Å²) in [5, 5.41) is 10.2. The van der Waals surface area contributed by atoms with Crippen molar-refractivity contribution < 1.29 is 14.6 Å². The lowest BCUT2D eigenvalue weighted by atomic mass is 10.1. The average molecular weight is 323 g/mol. The monoisotopic (exact) mass is 323 g/mol. The van der Waals surface area contributed by atoms with Gasteiger partial charge in [-0.1, -0.05) is 39.3 Å². The molecule has 1 rings (SSSR count). The van der Waals surface area contributed by atoms with Crippen molar-refractivity contribution in [3.05, 3.63) is 23.8 Å². The second-order valence-electron chi connectivity index (χ2n) is 6.51. The van der Waals surface area contributed by atoms with Gasteiger partial charge in [0.05, 0.1) is 20.3 Å². The summed E-state index contributed by atoms with van der Waals surface area (Å²) in [7, 11) is 3.33.